The molecule has 0 N–H and O–H groups in total. The van der Waals surface area contributed by atoms with E-state index in [1.54, 1.807) is 13.3 Å². The number of methoxy groups -OCH3 is 1. The van der Waals surface area contributed by atoms with Crippen LogP contribution in [-0.2, 0) is 4.74 Å². The highest BCUT2D eigenvalue weighted by atomic mass is 35.5. The summed E-state index contributed by atoms with van der Waals surface area (Å²) in [6.45, 7) is 3.03. The smallest absolute Gasteiger partial charge is 0.138 e. The highest BCUT2D eigenvalue weighted by Crippen LogP contribution is 2.01. The van der Waals surface area contributed by atoms with Gasteiger partial charge in [0, 0.05) is 18.2 Å². The van der Waals surface area contributed by atoms with Gasteiger partial charge in [0.15, 0.2) is 0 Å². The van der Waals surface area contributed by atoms with Gasteiger partial charge in [-0.1, -0.05) is 12.2 Å². The van der Waals surface area contributed by atoms with Crippen molar-refractivity contribution >= 4 is 23.8 Å². The maximum Gasteiger partial charge on any atom is 0.138 e. The first kappa shape index (κ1) is 13.0. The van der Waals surface area contributed by atoms with Gasteiger partial charge in [-0.25, -0.2) is 0 Å². The first-order chi connectivity index (χ1) is 7.81. The van der Waals surface area contributed by atoms with Gasteiger partial charge in [-0.05, 0) is 13.0 Å². The molecule has 1 aromatic heterocycles. The second-order valence-corrected chi connectivity index (χ2v) is 3.44. The van der Waals surface area contributed by atoms with Gasteiger partial charge in [0.1, 0.15) is 12.4 Å². The van der Waals surface area contributed by atoms with E-state index in [2.05, 4.69) is 4.98 Å². The zero-order chi connectivity index (χ0) is 11.8. The number of halogens is 1. The molecule has 0 bridgehead atoms. The van der Waals surface area contributed by atoms with Crippen molar-refractivity contribution in [3.8, 4) is 5.75 Å². The van der Waals surface area contributed by atoms with Crippen molar-refractivity contribution < 1.29 is 9.47 Å². The molecule has 0 amide bonds. The van der Waals surface area contributed by atoms with E-state index in [1.807, 2.05) is 25.1 Å². The lowest BCUT2D eigenvalue weighted by molar-refractivity contribution is 0.146. The molecule has 1 heterocycles. The van der Waals surface area contributed by atoms with Crippen LogP contribution in [0, 0.1) is 0 Å². The minimum atomic E-state index is 0.462. The van der Waals surface area contributed by atoms with E-state index < -0.39 is 0 Å². The molecule has 88 valence electrons. The molecule has 0 fully saturated rings. The molecule has 0 saturated heterocycles. The summed E-state index contributed by atoms with van der Waals surface area (Å²) in [6.07, 6.45) is 5.56. The first-order valence-corrected chi connectivity index (χ1v) is 5.65. The highest BCUT2D eigenvalue weighted by Gasteiger charge is 1.94. The Hall–Kier alpha value is -1.06. The summed E-state index contributed by atoms with van der Waals surface area (Å²) < 4.78 is 10.4. The lowest BCUT2D eigenvalue weighted by Crippen LogP contribution is -2.28. The Morgan fingerprint density at radius 1 is 1.44 bits per heavy atom. The van der Waals surface area contributed by atoms with E-state index in [-0.39, 0.29) is 0 Å². The lowest BCUT2D eigenvalue weighted by atomic mass is 10.3. The summed E-state index contributed by atoms with van der Waals surface area (Å²) in [5.41, 5.74) is 0. The summed E-state index contributed by atoms with van der Waals surface area (Å²) in [7, 11) is 1.64. The third-order valence-electron chi connectivity index (χ3n) is 2.05. The Kier molecular flexibility index (Phi) is 5.90. The van der Waals surface area contributed by atoms with E-state index in [9.17, 15) is 0 Å². The van der Waals surface area contributed by atoms with Crippen LogP contribution in [0.25, 0.3) is 12.2 Å². The molecular formula is C12H16ClNO2. The Labute approximate surface area is 100 Å². The highest BCUT2D eigenvalue weighted by molar-refractivity contribution is 6.20. The van der Waals surface area contributed by atoms with Crippen molar-refractivity contribution in [3.05, 3.63) is 22.8 Å². The van der Waals surface area contributed by atoms with Crippen LogP contribution < -0.4 is 15.3 Å². The summed E-state index contributed by atoms with van der Waals surface area (Å²) in [5, 5.41) is 1.91. The van der Waals surface area contributed by atoms with Gasteiger partial charge >= 0.3 is 0 Å². The monoisotopic (exact) mass is 241 g/mol. The number of pyridine rings is 1. The Morgan fingerprint density at radius 3 is 2.88 bits per heavy atom. The predicted octanol–water partition coefficient (Wildman–Crippen LogP) is 0.926. The quantitative estimate of drug-likeness (QED) is 0.568. The van der Waals surface area contributed by atoms with Crippen molar-refractivity contribution in [1.29, 1.82) is 0 Å². The van der Waals surface area contributed by atoms with E-state index >= 15 is 0 Å². The van der Waals surface area contributed by atoms with Crippen LogP contribution in [0.15, 0.2) is 12.3 Å². The molecule has 4 heteroatoms. The van der Waals surface area contributed by atoms with Gasteiger partial charge in [-0.15, -0.1) is 11.6 Å². The molecule has 0 unspecified atom stereocenters. The topological polar surface area (TPSA) is 31.4 Å². The van der Waals surface area contributed by atoms with E-state index in [1.165, 1.54) is 0 Å². The maximum absolute atomic E-state index is 5.69. The molecule has 0 spiro atoms. The van der Waals surface area contributed by atoms with Crippen molar-refractivity contribution in [3.63, 3.8) is 0 Å². The Morgan fingerprint density at radius 2 is 2.25 bits per heavy atom. The summed E-state index contributed by atoms with van der Waals surface area (Å²) in [6, 6.07) is 1.93. The van der Waals surface area contributed by atoms with Crippen LogP contribution in [0.4, 0.5) is 0 Å². The number of aromatic nitrogens is 1. The van der Waals surface area contributed by atoms with Crippen LogP contribution in [0.1, 0.15) is 6.92 Å². The molecular weight excluding hydrogens is 226 g/mol. The third kappa shape index (κ3) is 3.83. The third-order valence-corrected chi connectivity index (χ3v) is 2.21. The fourth-order valence-electron chi connectivity index (χ4n) is 1.28. The normalized spacial score (nSPS) is 13.2. The molecule has 0 aliphatic carbocycles. The van der Waals surface area contributed by atoms with E-state index in [4.69, 9.17) is 21.1 Å². The van der Waals surface area contributed by atoms with Crippen LogP contribution in [-0.4, -0.2) is 31.2 Å². The Balaban J connectivity index is 2.90. The van der Waals surface area contributed by atoms with Crippen molar-refractivity contribution in [1.82, 2.24) is 4.98 Å². The lowest BCUT2D eigenvalue weighted by Gasteiger charge is -2.04. The fourth-order valence-corrected chi connectivity index (χ4v) is 1.45. The second kappa shape index (κ2) is 7.25. The van der Waals surface area contributed by atoms with Crippen molar-refractivity contribution in [2.24, 2.45) is 0 Å². The molecule has 3 nitrogen and oxygen atoms in total. The minimum Gasteiger partial charge on any atom is -0.490 e. The number of nitrogens with zero attached hydrogens (tertiary/aromatic N) is 1. The number of hydrogen-bond donors (Lipinski definition) is 0. The van der Waals surface area contributed by atoms with Gasteiger partial charge in [-0.3, -0.25) is 4.98 Å². The van der Waals surface area contributed by atoms with Gasteiger partial charge < -0.3 is 9.47 Å². The van der Waals surface area contributed by atoms with Gasteiger partial charge in [-0.2, -0.15) is 0 Å². The molecule has 0 aromatic carbocycles. The minimum absolute atomic E-state index is 0.462. The predicted molar refractivity (Wildman–Crippen MR) is 66.2 cm³/mol. The number of ether oxygens (including phenoxy) is 2. The zero-order valence-electron chi connectivity index (χ0n) is 9.57. The molecule has 0 radical (unpaired) electrons. The number of hydrogen-bond acceptors (Lipinski definition) is 3. The zero-order valence-corrected chi connectivity index (χ0v) is 10.3. The Bertz CT molecular complexity index is 431. The molecule has 0 atom stereocenters. The summed E-state index contributed by atoms with van der Waals surface area (Å²) in [4.78, 5) is 4.28. The number of alkyl halides is 1. The van der Waals surface area contributed by atoms with Crippen LogP contribution >= 0.6 is 11.6 Å². The SMILES string of the molecule is C/C=c1/ncc(OCCOC)c/c1=C/CCl. The maximum atomic E-state index is 5.69. The van der Waals surface area contributed by atoms with Crippen LogP contribution in [0.5, 0.6) is 5.75 Å². The number of rotatable bonds is 5. The summed E-state index contributed by atoms with van der Waals surface area (Å²) >= 11 is 5.69. The standard InChI is InChI=1S/C12H16ClNO2/c1-3-12-10(4-5-13)8-11(9-14-12)16-7-6-15-2/h3-4,8-9H,5-7H2,1-2H3/b10-4-,12-3+. The molecule has 1 rings (SSSR count). The van der Waals surface area contributed by atoms with Crippen LogP contribution in [0.3, 0.4) is 0 Å². The average molecular weight is 242 g/mol. The molecule has 0 saturated carbocycles. The van der Waals surface area contributed by atoms with Crippen molar-refractivity contribution in [2.75, 3.05) is 26.2 Å². The fraction of sp³-hybridized carbons (Fsp3) is 0.417. The van der Waals surface area contributed by atoms with Gasteiger partial charge in [0.25, 0.3) is 0 Å². The van der Waals surface area contributed by atoms with E-state index in [0.29, 0.717) is 19.1 Å². The second-order valence-electron chi connectivity index (χ2n) is 3.13. The molecule has 0 aliphatic rings. The van der Waals surface area contributed by atoms with E-state index in [0.717, 1.165) is 16.3 Å². The van der Waals surface area contributed by atoms with Crippen molar-refractivity contribution in [2.45, 2.75) is 6.92 Å². The largest absolute Gasteiger partial charge is 0.490 e. The van der Waals surface area contributed by atoms with Crippen LogP contribution in [0.2, 0.25) is 0 Å². The molecule has 0 aliphatic heterocycles. The first-order valence-electron chi connectivity index (χ1n) is 5.12. The van der Waals surface area contributed by atoms with Gasteiger partial charge in [0.2, 0.25) is 0 Å². The molecule has 1 aromatic rings. The molecule has 16 heavy (non-hydrogen) atoms. The average Bonchev–Trinajstić information content (AvgIpc) is 2.30. The summed E-state index contributed by atoms with van der Waals surface area (Å²) in [5.74, 6) is 1.20. The van der Waals surface area contributed by atoms with Gasteiger partial charge in [0.05, 0.1) is 18.2 Å².